The van der Waals surface area contributed by atoms with E-state index >= 15 is 0 Å². The van der Waals surface area contributed by atoms with Gasteiger partial charge in [-0.05, 0) is 42.5 Å². The van der Waals surface area contributed by atoms with E-state index < -0.39 is 0 Å². The average Bonchev–Trinajstić information content (AvgIpc) is 3.02. The van der Waals surface area contributed by atoms with Gasteiger partial charge in [-0.2, -0.15) is 0 Å². The highest BCUT2D eigenvalue weighted by Gasteiger charge is 2.14. The lowest BCUT2D eigenvalue weighted by Crippen LogP contribution is -2.12. The first-order chi connectivity index (χ1) is 11.0. The van der Waals surface area contributed by atoms with Crippen LogP contribution in [0.3, 0.4) is 0 Å². The highest BCUT2D eigenvalue weighted by atomic mass is 35.5. The maximum Gasteiger partial charge on any atom is 0.277 e. The molecular weight excluding hydrogens is 359 g/mol. The van der Waals surface area contributed by atoms with E-state index in [2.05, 4.69) is 10.3 Å². The Morgan fingerprint density at radius 1 is 1.00 bits per heavy atom. The number of carbonyl (C=O) groups excluding carboxylic acids is 1. The Bertz CT molecular complexity index is 860. The fourth-order valence-electron chi connectivity index (χ4n) is 1.87. The zero-order valence-electron chi connectivity index (χ0n) is 11.5. The molecule has 0 radical (unpaired) electrons. The van der Waals surface area contributed by atoms with Gasteiger partial charge in [-0.1, -0.05) is 34.8 Å². The summed E-state index contributed by atoms with van der Waals surface area (Å²) >= 11 is 17.6. The minimum atomic E-state index is -0.387. The molecule has 7 heteroatoms. The molecule has 0 fully saturated rings. The second kappa shape index (κ2) is 6.62. The summed E-state index contributed by atoms with van der Waals surface area (Å²) < 4.78 is 5.33. The molecule has 1 aromatic heterocycles. The molecule has 0 saturated carbocycles. The Morgan fingerprint density at radius 2 is 1.74 bits per heavy atom. The van der Waals surface area contributed by atoms with Crippen LogP contribution in [-0.2, 0) is 0 Å². The standard InChI is InChI=1S/C16H9Cl3N2O2/c17-10-2-4-11(5-3-10)20-15(22)14-8-23-16(21-14)9-1-6-12(18)13(19)7-9/h1-8H,(H,20,22). The van der Waals surface area contributed by atoms with Crippen molar-refractivity contribution in [3.8, 4) is 11.5 Å². The fourth-order valence-corrected chi connectivity index (χ4v) is 2.29. The molecule has 116 valence electrons. The van der Waals surface area contributed by atoms with Gasteiger partial charge in [0.05, 0.1) is 10.0 Å². The van der Waals surface area contributed by atoms with Gasteiger partial charge in [0.15, 0.2) is 5.69 Å². The summed E-state index contributed by atoms with van der Waals surface area (Å²) in [5.74, 6) is -0.104. The molecule has 1 amide bonds. The van der Waals surface area contributed by atoms with Crippen molar-refractivity contribution in [2.75, 3.05) is 5.32 Å². The number of rotatable bonds is 3. The number of aromatic nitrogens is 1. The van der Waals surface area contributed by atoms with Gasteiger partial charge in [-0.15, -0.1) is 0 Å². The van der Waals surface area contributed by atoms with Crippen LogP contribution in [0.25, 0.3) is 11.5 Å². The number of hydrogen-bond donors (Lipinski definition) is 1. The lowest BCUT2D eigenvalue weighted by atomic mass is 10.2. The maximum atomic E-state index is 12.2. The predicted octanol–water partition coefficient (Wildman–Crippen LogP) is 5.55. The third kappa shape index (κ3) is 3.67. The highest BCUT2D eigenvalue weighted by Crippen LogP contribution is 2.28. The average molecular weight is 368 g/mol. The topological polar surface area (TPSA) is 55.1 Å². The fraction of sp³-hybridized carbons (Fsp3) is 0. The number of hydrogen-bond acceptors (Lipinski definition) is 3. The number of nitrogens with zero attached hydrogens (tertiary/aromatic N) is 1. The highest BCUT2D eigenvalue weighted by molar-refractivity contribution is 6.42. The van der Waals surface area contributed by atoms with E-state index in [1.54, 1.807) is 42.5 Å². The Balaban J connectivity index is 1.79. The summed E-state index contributed by atoms with van der Waals surface area (Å²) in [6.07, 6.45) is 1.28. The molecule has 4 nitrogen and oxygen atoms in total. The third-order valence-electron chi connectivity index (χ3n) is 3.01. The molecule has 0 atom stereocenters. The molecule has 0 aliphatic carbocycles. The van der Waals surface area contributed by atoms with Gasteiger partial charge in [-0.3, -0.25) is 4.79 Å². The Kier molecular flexibility index (Phi) is 4.57. The van der Waals surface area contributed by atoms with Gasteiger partial charge >= 0.3 is 0 Å². The zero-order valence-corrected chi connectivity index (χ0v) is 13.8. The number of halogens is 3. The number of carbonyl (C=O) groups is 1. The minimum Gasteiger partial charge on any atom is -0.444 e. The Hall–Kier alpha value is -2.01. The van der Waals surface area contributed by atoms with Crippen LogP contribution in [0.1, 0.15) is 10.5 Å². The van der Waals surface area contributed by atoms with Gasteiger partial charge in [0, 0.05) is 16.3 Å². The summed E-state index contributed by atoms with van der Waals surface area (Å²) in [6.45, 7) is 0. The van der Waals surface area contributed by atoms with Crippen LogP contribution in [0.15, 0.2) is 53.1 Å². The summed E-state index contributed by atoms with van der Waals surface area (Å²) in [5.41, 5.74) is 1.39. The van der Waals surface area contributed by atoms with Crippen LogP contribution >= 0.6 is 34.8 Å². The summed E-state index contributed by atoms with van der Waals surface area (Å²) in [5, 5.41) is 4.11. The van der Waals surface area contributed by atoms with Gasteiger partial charge in [0.25, 0.3) is 5.91 Å². The van der Waals surface area contributed by atoms with Crippen LogP contribution < -0.4 is 5.32 Å². The van der Waals surface area contributed by atoms with Gasteiger partial charge in [0.1, 0.15) is 6.26 Å². The molecule has 1 heterocycles. The molecule has 0 saturated heterocycles. The van der Waals surface area contributed by atoms with Crippen LogP contribution in [0.2, 0.25) is 15.1 Å². The molecule has 3 aromatic rings. The van der Waals surface area contributed by atoms with Gasteiger partial charge in [-0.25, -0.2) is 4.98 Å². The maximum absolute atomic E-state index is 12.2. The van der Waals surface area contributed by atoms with Crippen LogP contribution in [0.5, 0.6) is 0 Å². The van der Waals surface area contributed by atoms with Crippen molar-refractivity contribution >= 4 is 46.4 Å². The quantitative estimate of drug-likeness (QED) is 0.660. The molecular formula is C16H9Cl3N2O2. The number of anilines is 1. The van der Waals surface area contributed by atoms with Crippen molar-refractivity contribution in [3.05, 3.63) is 69.5 Å². The molecule has 3 rings (SSSR count). The molecule has 1 N–H and O–H groups in total. The first kappa shape index (κ1) is 15.9. The smallest absolute Gasteiger partial charge is 0.277 e. The Morgan fingerprint density at radius 3 is 2.43 bits per heavy atom. The number of amides is 1. The lowest BCUT2D eigenvalue weighted by molar-refractivity contribution is 0.102. The predicted molar refractivity (Wildman–Crippen MR) is 91.4 cm³/mol. The summed E-state index contributed by atoms with van der Waals surface area (Å²) in [6, 6.07) is 11.7. The number of nitrogens with one attached hydrogen (secondary N) is 1. The van der Waals surface area contributed by atoms with E-state index in [-0.39, 0.29) is 17.5 Å². The molecule has 0 spiro atoms. The van der Waals surface area contributed by atoms with E-state index in [0.29, 0.717) is 26.3 Å². The molecule has 0 aliphatic heterocycles. The van der Waals surface area contributed by atoms with Crippen molar-refractivity contribution in [2.24, 2.45) is 0 Å². The molecule has 23 heavy (non-hydrogen) atoms. The van der Waals surface area contributed by atoms with Crippen LogP contribution in [0.4, 0.5) is 5.69 Å². The monoisotopic (exact) mass is 366 g/mol. The summed E-state index contributed by atoms with van der Waals surface area (Å²) in [4.78, 5) is 16.3. The largest absolute Gasteiger partial charge is 0.444 e. The van der Waals surface area contributed by atoms with E-state index in [0.717, 1.165) is 0 Å². The first-order valence-electron chi connectivity index (χ1n) is 6.51. The second-order valence-corrected chi connectivity index (χ2v) is 5.88. The van der Waals surface area contributed by atoms with Crippen molar-refractivity contribution in [3.63, 3.8) is 0 Å². The number of oxazole rings is 1. The molecule has 0 unspecified atom stereocenters. The lowest BCUT2D eigenvalue weighted by Gasteiger charge is -2.02. The minimum absolute atomic E-state index is 0.154. The van der Waals surface area contributed by atoms with Crippen LogP contribution in [0, 0.1) is 0 Å². The second-order valence-electron chi connectivity index (χ2n) is 4.63. The summed E-state index contributed by atoms with van der Waals surface area (Å²) in [7, 11) is 0. The number of benzene rings is 2. The van der Waals surface area contributed by atoms with Crippen molar-refractivity contribution in [2.45, 2.75) is 0 Å². The molecule has 0 aliphatic rings. The van der Waals surface area contributed by atoms with Crippen molar-refractivity contribution in [1.29, 1.82) is 0 Å². The Labute approximate surface area is 147 Å². The van der Waals surface area contributed by atoms with E-state index in [1.807, 2.05) is 0 Å². The zero-order chi connectivity index (χ0) is 16.4. The molecule has 0 bridgehead atoms. The van der Waals surface area contributed by atoms with Gasteiger partial charge < -0.3 is 9.73 Å². The van der Waals surface area contributed by atoms with Crippen molar-refractivity contribution in [1.82, 2.24) is 4.98 Å². The normalized spacial score (nSPS) is 10.6. The third-order valence-corrected chi connectivity index (χ3v) is 4.00. The van der Waals surface area contributed by atoms with E-state index in [1.165, 1.54) is 6.26 Å². The van der Waals surface area contributed by atoms with E-state index in [9.17, 15) is 4.79 Å². The van der Waals surface area contributed by atoms with E-state index in [4.69, 9.17) is 39.2 Å². The molecule has 2 aromatic carbocycles. The van der Waals surface area contributed by atoms with Gasteiger partial charge in [0.2, 0.25) is 5.89 Å². The van der Waals surface area contributed by atoms with Crippen molar-refractivity contribution < 1.29 is 9.21 Å². The first-order valence-corrected chi connectivity index (χ1v) is 7.64. The SMILES string of the molecule is O=C(Nc1ccc(Cl)cc1)c1coc(-c2ccc(Cl)c(Cl)c2)n1. The van der Waals surface area contributed by atoms with Crippen LogP contribution in [-0.4, -0.2) is 10.9 Å².